The summed E-state index contributed by atoms with van der Waals surface area (Å²) in [7, 11) is 1.60. The number of methoxy groups -OCH3 is 1. The summed E-state index contributed by atoms with van der Waals surface area (Å²) in [5.74, 6) is 0.462. The summed E-state index contributed by atoms with van der Waals surface area (Å²) in [5, 5.41) is 11.4. The fourth-order valence-corrected chi connectivity index (χ4v) is 3.65. The Morgan fingerprint density at radius 1 is 1.24 bits per heavy atom. The van der Waals surface area contributed by atoms with Crippen LogP contribution in [-0.4, -0.2) is 21.8 Å². The van der Waals surface area contributed by atoms with Gasteiger partial charge in [-0.1, -0.05) is 24.3 Å². The average Bonchev–Trinajstić information content (AvgIpc) is 3.19. The molecular weight excluding hydrogens is 319 g/mol. The van der Waals surface area contributed by atoms with Crippen LogP contribution >= 0.6 is 0 Å². The van der Waals surface area contributed by atoms with Crippen LogP contribution < -0.4 is 4.74 Å². The van der Waals surface area contributed by atoms with Gasteiger partial charge in [-0.3, -0.25) is 0 Å². The third kappa shape index (κ3) is 2.43. The number of imidazole rings is 1. The van der Waals surface area contributed by atoms with Gasteiger partial charge in [-0.25, -0.2) is 9.37 Å². The molecule has 0 amide bonds. The number of rotatable bonds is 3. The van der Waals surface area contributed by atoms with E-state index in [-0.39, 0.29) is 11.9 Å². The number of hydrogen-bond donors (Lipinski definition) is 1. The van der Waals surface area contributed by atoms with Crippen molar-refractivity contribution >= 4 is 0 Å². The van der Waals surface area contributed by atoms with Gasteiger partial charge in [0.25, 0.3) is 0 Å². The average molecular weight is 338 g/mol. The highest BCUT2D eigenvalue weighted by atomic mass is 19.1. The minimum Gasteiger partial charge on any atom is -0.497 e. The Morgan fingerprint density at radius 3 is 2.68 bits per heavy atom. The second-order valence-electron chi connectivity index (χ2n) is 6.52. The molecule has 1 aromatic heterocycles. The Bertz CT molecular complexity index is 920. The van der Waals surface area contributed by atoms with Crippen molar-refractivity contribution in [1.29, 1.82) is 0 Å². The molecule has 0 saturated carbocycles. The molecule has 1 aliphatic rings. The largest absolute Gasteiger partial charge is 0.497 e. The number of nitrogens with zero attached hydrogens (tertiary/aromatic N) is 2. The number of ether oxygens (including phenoxy) is 1. The summed E-state index contributed by atoms with van der Waals surface area (Å²) in [6.45, 7) is 1.86. The molecule has 0 saturated heterocycles. The molecule has 0 spiro atoms. The molecule has 0 aliphatic carbocycles. The predicted molar refractivity (Wildman–Crippen MR) is 92.1 cm³/mol. The molecule has 2 aromatic carbocycles. The predicted octanol–water partition coefficient (Wildman–Crippen LogP) is 3.57. The highest BCUT2D eigenvalue weighted by Crippen LogP contribution is 2.47. The van der Waals surface area contributed by atoms with Crippen LogP contribution in [0.5, 0.6) is 5.75 Å². The van der Waals surface area contributed by atoms with Crippen LogP contribution in [0.4, 0.5) is 4.39 Å². The quantitative estimate of drug-likeness (QED) is 0.794. The molecule has 0 bridgehead atoms. The zero-order valence-electron chi connectivity index (χ0n) is 14.1. The molecular formula is C20H19FN2O2. The maximum Gasteiger partial charge on any atom is 0.133 e. The van der Waals surface area contributed by atoms with Crippen molar-refractivity contribution in [1.82, 2.24) is 9.55 Å². The molecule has 1 aliphatic heterocycles. The van der Waals surface area contributed by atoms with Gasteiger partial charge < -0.3 is 14.4 Å². The maximum atomic E-state index is 14.5. The van der Waals surface area contributed by atoms with E-state index in [1.165, 1.54) is 6.07 Å². The zero-order chi connectivity index (χ0) is 17.6. The first-order chi connectivity index (χ1) is 12.0. The van der Waals surface area contributed by atoms with E-state index in [0.717, 1.165) is 16.9 Å². The van der Waals surface area contributed by atoms with Crippen LogP contribution in [0.2, 0.25) is 0 Å². The molecule has 5 heteroatoms. The first kappa shape index (κ1) is 15.8. The molecule has 25 heavy (non-hydrogen) atoms. The molecule has 0 radical (unpaired) electrons. The van der Waals surface area contributed by atoms with Gasteiger partial charge in [0.1, 0.15) is 17.2 Å². The minimum absolute atomic E-state index is 0.261. The van der Waals surface area contributed by atoms with Gasteiger partial charge in [0.15, 0.2) is 0 Å². The van der Waals surface area contributed by atoms with E-state index >= 15 is 0 Å². The maximum absolute atomic E-state index is 14.5. The summed E-state index contributed by atoms with van der Waals surface area (Å²) in [6.07, 6.45) is 3.66. The van der Waals surface area contributed by atoms with Crippen LogP contribution in [0.15, 0.2) is 55.0 Å². The highest BCUT2D eigenvalue weighted by molar-refractivity contribution is 5.41. The molecule has 1 N–H and O–H groups in total. The van der Waals surface area contributed by atoms with Crippen LogP contribution in [0.25, 0.3) is 0 Å². The Balaban J connectivity index is 1.79. The van der Waals surface area contributed by atoms with Crippen molar-refractivity contribution in [3.05, 3.63) is 83.2 Å². The lowest BCUT2D eigenvalue weighted by molar-refractivity contribution is 0.0792. The van der Waals surface area contributed by atoms with Crippen LogP contribution in [0.1, 0.15) is 34.8 Å². The number of fused-ring (bicyclic) bond motifs is 1. The lowest BCUT2D eigenvalue weighted by Gasteiger charge is -2.23. The Labute approximate surface area is 145 Å². The first-order valence-corrected chi connectivity index (χ1v) is 8.18. The molecule has 4 nitrogen and oxygen atoms in total. The monoisotopic (exact) mass is 338 g/mol. The number of aromatic nitrogens is 2. The summed E-state index contributed by atoms with van der Waals surface area (Å²) >= 11 is 0. The second-order valence-corrected chi connectivity index (χ2v) is 6.52. The number of benzene rings is 2. The van der Waals surface area contributed by atoms with E-state index in [2.05, 4.69) is 4.98 Å². The number of aryl methyl sites for hydroxylation is 1. The molecule has 4 rings (SSSR count). The van der Waals surface area contributed by atoms with Crippen molar-refractivity contribution in [3.8, 4) is 5.75 Å². The van der Waals surface area contributed by atoms with Crippen LogP contribution in [0.3, 0.4) is 0 Å². The molecule has 128 valence electrons. The van der Waals surface area contributed by atoms with E-state index in [1.54, 1.807) is 25.7 Å². The van der Waals surface area contributed by atoms with Crippen LogP contribution in [0, 0.1) is 12.7 Å². The summed E-state index contributed by atoms with van der Waals surface area (Å²) in [4.78, 5) is 4.18. The van der Waals surface area contributed by atoms with Gasteiger partial charge in [-0.2, -0.15) is 0 Å². The van der Waals surface area contributed by atoms with Crippen molar-refractivity contribution in [2.45, 2.75) is 25.0 Å². The normalized spacial score (nSPS) is 22.0. The molecule has 0 unspecified atom stereocenters. The van der Waals surface area contributed by atoms with E-state index in [4.69, 9.17) is 4.74 Å². The van der Waals surface area contributed by atoms with Gasteiger partial charge in [-0.05, 0) is 36.2 Å². The lowest BCUT2D eigenvalue weighted by Crippen LogP contribution is -2.24. The van der Waals surface area contributed by atoms with Gasteiger partial charge >= 0.3 is 0 Å². The number of halogens is 1. The fourth-order valence-electron chi connectivity index (χ4n) is 3.65. The third-order valence-electron chi connectivity index (χ3n) is 5.00. The molecule has 3 aromatic rings. The van der Waals surface area contributed by atoms with Gasteiger partial charge in [0.2, 0.25) is 0 Å². The van der Waals surface area contributed by atoms with Gasteiger partial charge in [0.05, 0.1) is 31.4 Å². The Hall–Kier alpha value is -2.66. The second kappa shape index (κ2) is 5.70. The number of aliphatic hydroxyl groups is 1. The van der Waals surface area contributed by atoms with E-state index in [1.807, 2.05) is 41.8 Å². The van der Waals surface area contributed by atoms with Crippen molar-refractivity contribution in [2.75, 3.05) is 7.11 Å². The summed E-state index contributed by atoms with van der Waals surface area (Å²) in [5.41, 5.74) is 1.63. The third-order valence-corrected chi connectivity index (χ3v) is 5.00. The zero-order valence-corrected chi connectivity index (χ0v) is 14.1. The van der Waals surface area contributed by atoms with Crippen molar-refractivity contribution in [3.63, 3.8) is 0 Å². The standard InChI is InChI=1S/C20H19FN2O2/c1-13-3-8-16(17(21)9-13)18-10-20(24,19-11-22-12-23(18)19)14-4-6-15(25-2)7-5-14/h3-9,11-12,18,24H,10H2,1-2H3/t18-,20+/m1/s1. The number of hydrogen-bond acceptors (Lipinski definition) is 3. The SMILES string of the molecule is COc1ccc([C@@]2(O)C[C@H](c3ccc(C)cc3F)n3cncc32)cc1. The van der Waals surface area contributed by atoms with E-state index in [0.29, 0.717) is 17.7 Å². The summed E-state index contributed by atoms with van der Waals surface area (Å²) in [6, 6.07) is 12.2. The van der Waals surface area contributed by atoms with Crippen molar-refractivity contribution < 1.29 is 14.2 Å². The minimum atomic E-state index is -1.22. The Kier molecular flexibility index (Phi) is 3.62. The van der Waals surface area contributed by atoms with Gasteiger partial charge in [0, 0.05) is 12.0 Å². The topological polar surface area (TPSA) is 47.3 Å². The fraction of sp³-hybridized carbons (Fsp3) is 0.250. The molecule has 2 atom stereocenters. The molecule has 0 fully saturated rings. The summed E-state index contributed by atoms with van der Waals surface area (Å²) < 4.78 is 21.6. The van der Waals surface area contributed by atoms with E-state index in [9.17, 15) is 9.50 Å². The molecule has 2 heterocycles. The van der Waals surface area contributed by atoms with E-state index < -0.39 is 5.60 Å². The van der Waals surface area contributed by atoms with Crippen molar-refractivity contribution in [2.24, 2.45) is 0 Å². The van der Waals surface area contributed by atoms with Gasteiger partial charge in [-0.15, -0.1) is 0 Å². The smallest absolute Gasteiger partial charge is 0.133 e. The Morgan fingerprint density at radius 2 is 2.00 bits per heavy atom. The highest BCUT2D eigenvalue weighted by Gasteiger charge is 2.45. The first-order valence-electron chi connectivity index (χ1n) is 8.18. The lowest BCUT2D eigenvalue weighted by atomic mass is 9.86. The van der Waals surface area contributed by atoms with Crippen LogP contribution in [-0.2, 0) is 5.60 Å².